The van der Waals surface area contributed by atoms with Crippen LogP contribution >= 0.6 is 0 Å². The van der Waals surface area contributed by atoms with E-state index < -0.39 is 15.6 Å². The van der Waals surface area contributed by atoms with E-state index in [9.17, 15) is 13.2 Å². The molecule has 1 aromatic rings. The van der Waals surface area contributed by atoms with Crippen molar-refractivity contribution in [3.8, 4) is 0 Å². The number of rotatable bonds is 5. The van der Waals surface area contributed by atoms with E-state index in [1.54, 1.807) is 12.1 Å². The highest BCUT2D eigenvalue weighted by molar-refractivity contribution is 7.92. The van der Waals surface area contributed by atoms with Gasteiger partial charge < -0.3 is 10.2 Å². The summed E-state index contributed by atoms with van der Waals surface area (Å²) in [6.07, 6.45) is 3.46. The molecule has 0 bridgehead atoms. The summed E-state index contributed by atoms with van der Waals surface area (Å²) in [7, 11) is -3.55. The van der Waals surface area contributed by atoms with Crippen molar-refractivity contribution < 1.29 is 13.2 Å². The number of benzene rings is 1. The maximum Gasteiger partial charge on any atom is 0.241 e. The summed E-state index contributed by atoms with van der Waals surface area (Å²) >= 11 is 0. The van der Waals surface area contributed by atoms with Crippen LogP contribution in [0.2, 0.25) is 0 Å². The van der Waals surface area contributed by atoms with Crippen molar-refractivity contribution in [1.29, 1.82) is 0 Å². The average Bonchev–Trinajstić information content (AvgIpc) is 2.51. The Bertz CT molecular complexity index is 715. The van der Waals surface area contributed by atoms with Gasteiger partial charge in [0.05, 0.1) is 11.9 Å². The molecule has 0 spiro atoms. The first-order valence-corrected chi connectivity index (χ1v) is 10.9. The van der Waals surface area contributed by atoms with Gasteiger partial charge in [-0.25, -0.2) is 8.42 Å². The van der Waals surface area contributed by atoms with E-state index in [-0.39, 0.29) is 12.5 Å². The predicted octanol–water partition coefficient (Wildman–Crippen LogP) is 2.60. The van der Waals surface area contributed by atoms with Crippen molar-refractivity contribution >= 4 is 27.3 Å². The first-order chi connectivity index (χ1) is 12.0. The fourth-order valence-electron chi connectivity index (χ4n) is 3.08. The minimum absolute atomic E-state index is 0.226. The van der Waals surface area contributed by atoms with Crippen molar-refractivity contribution in [3.05, 3.63) is 24.3 Å². The number of carbonyl (C=O) groups is 1. The largest absolute Gasteiger partial charge is 0.372 e. The van der Waals surface area contributed by atoms with Gasteiger partial charge in [0, 0.05) is 24.3 Å². The monoisotopic (exact) mass is 381 g/mol. The Morgan fingerprint density at radius 3 is 2.19 bits per heavy atom. The molecule has 1 aromatic carbocycles. The summed E-state index contributed by atoms with van der Waals surface area (Å²) in [6, 6.07) is 7.42. The maximum absolute atomic E-state index is 12.2. The molecule has 7 heteroatoms. The number of hydrogen-bond acceptors (Lipinski definition) is 4. The van der Waals surface area contributed by atoms with Crippen LogP contribution in [0.1, 0.15) is 40.5 Å². The molecule has 0 aliphatic carbocycles. The molecule has 6 nitrogen and oxygen atoms in total. The quantitative estimate of drug-likeness (QED) is 0.851. The van der Waals surface area contributed by atoms with E-state index in [0.29, 0.717) is 5.69 Å². The number of piperidine rings is 1. The van der Waals surface area contributed by atoms with Gasteiger partial charge in [-0.2, -0.15) is 0 Å². The molecule has 1 N–H and O–H groups in total. The Morgan fingerprint density at radius 1 is 1.19 bits per heavy atom. The van der Waals surface area contributed by atoms with E-state index in [1.165, 1.54) is 12.8 Å². The number of sulfonamides is 1. The lowest BCUT2D eigenvalue weighted by Gasteiger charge is -2.32. The molecular weight excluding hydrogens is 350 g/mol. The summed E-state index contributed by atoms with van der Waals surface area (Å²) in [4.78, 5) is 14.5. The minimum Gasteiger partial charge on any atom is -0.372 e. The molecule has 1 amide bonds. The predicted molar refractivity (Wildman–Crippen MR) is 107 cm³/mol. The number of anilines is 2. The standard InChI is InChI=1S/C19H31N3O3S/c1-15-10-12-21(13-11-15)16-6-8-17(9-7-16)22(26(5,24)25)14-18(23)20-19(2,3)4/h6-9,15H,10-14H2,1-5H3,(H,20,23). The number of carbonyl (C=O) groups excluding carboxylic acids is 1. The molecule has 1 aliphatic rings. The minimum atomic E-state index is -3.55. The lowest BCUT2D eigenvalue weighted by Crippen LogP contribution is -2.47. The van der Waals surface area contributed by atoms with Crippen molar-refractivity contribution in [3.63, 3.8) is 0 Å². The fourth-order valence-corrected chi connectivity index (χ4v) is 3.94. The third-order valence-corrected chi connectivity index (χ3v) is 5.63. The molecule has 0 unspecified atom stereocenters. The van der Waals surface area contributed by atoms with Gasteiger partial charge in [0.2, 0.25) is 15.9 Å². The number of hydrogen-bond donors (Lipinski definition) is 1. The van der Waals surface area contributed by atoms with Gasteiger partial charge in [-0.05, 0) is 63.8 Å². The summed E-state index contributed by atoms with van der Waals surface area (Å²) in [5.74, 6) is 0.435. The second-order valence-corrected chi connectivity index (χ2v) is 10.2. The molecule has 146 valence electrons. The van der Waals surface area contributed by atoms with Gasteiger partial charge in [0.15, 0.2) is 0 Å². The Hall–Kier alpha value is -1.76. The molecular formula is C19H31N3O3S. The Labute approximate surface area is 157 Å². The van der Waals surface area contributed by atoms with Crippen LogP contribution in [0.5, 0.6) is 0 Å². The van der Waals surface area contributed by atoms with Crippen molar-refractivity contribution in [2.45, 2.75) is 46.1 Å². The van der Waals surface area contributed by atoms with Crippen LogP contribution in [-0.4, -0.2) is 45.8 Å². The molecule has 1 saturated heterocycles. The van der Waals surface area contributed by atoms with Crippen molar-refractivity contribution in [2.24, 2.45) is 5.92 Å². The Kier molecular flexibility index (Phi) is 6.21. The Balaban J connectivity index is 2.15. The van der Waals surface area contributed by atoms with Gasteiger partial charge in [-0.1, -0.05) is 6.92 Å². The second kappa shape index (κ2) is 7.86. The molecule has 1 aliphatic heterocycles. The van der Waals surface area contributed by atoms with Crippen LogP contribution in [0, 0.1) is 5.92 Å². The zero-order chi connectivity index (χ0) is 19.5. The van der Waals surface area contributed by atoms with Gasteiger partial charge in [-0.3, -0.25) is 9.10 Å². The van der Waals surface area contributed by atoms with Crippen LogP contribution in [0.4, 0.5) is 11.4 Å². The number of nitrogens with zero attached hydrogens (tertiary/aromatic N) is 2. The zero-order valence-electron chi connectivity index (χ0n) is 16.4. The smallest absolute Gasteiger partial charge is 0.241 e. The third kappa shape index (κ3) is 5.90. The third-order valence-electron chi connectivity index (χ3n) is 4.49. The molecule has 0 radical (unpaired) electrons. The van der Waals surface area contributed by atoms with Gasteiger partial charge >= 0.3 is 0 Å². The van der Waals surface area contributed by atoms with Crippen LogP contribution in [-0.2, 0) is 14.8 Å². The summed E-state index contributed by atoms with van der Waals surface area (Å²) in [5.41, 5.74) is 1.19. The van der Waals surface area contributed by atoms with E-state index in [0.717, 1.165) is 35.3 Å². The van der Waals surface area contributed by atoms with Crippen molar-refractivity contribution in [1.82, 2.24) is 5.32 Å². The Morgan fingerprint density at radius 2 is 1.73 bits per heavy atom. The van der Waals surface area contributed by atoms with E-state index in [4.69, 9.17) is 0 Å². The lowest BCUT2D eigenvalue weighted by atomic mass is 9.99. The lowest BCUT2D eigenvalue weighted by molar-refractivity contribution is -0.121. The summed E-state index contributed by atoms with van der Waals surface area (Å²) in [6.45, 7) is 9.68. The normalized spacial score (nSPS) is 16.4. The zero-order valence-corrected chi connectivity index (χ0v) is 17.3. The SMILES string of the molecule is CC1CCN(c2ccc(N(CC(=O)NC(C)(C)C)S(C)(=O)=O)cc2)CC1. The second-order valence-electron chi connectivity index (χ2n) is 8.25. The first kappa shape index (κ1) is 20.6. The van der Waals surface area contributed by atoms with Crippen molar-refractivity contribution in [2.75, 3.05) is 35.1 Å². The number of amides is 1. The molecule has 0 saturated carbocycles. The van der Waals surface area contributed by atoms with Crippen LogP contribution in [0.25, 0.3) is 0 Å². The first-order valence-electron chi connectivity index (χ1n) is 9.09. The average molecular weight is 382 g/mol. The highest BCUT2D eigenvalue weighted by Crippen LogP contribution is 2.26. The topological polar surface area (TPSA) is 69.7 Å². The molecule has 1 heterocycles. The number of nitrogens with one attached hydrogen (secondary N) is 1. The molecule has 0 atom stereocenters. The van der Waals surface area contributed by atoms with Gasteiger partial charge in [-0.15, -0.1) is 0 Å². The fraction of sp³-hybridized carbons (Fsp3) is 0.632. The highest BCUT2D eigenvalue weighted by atomic mass is 32.2. The van der Waals surface area contributed by atoms with E-state index in [2.05, 4.69) is 17.1 Å². The molecule has 0 aromatic heterocycles. The summed E-state index contributed by atoms with van der Waals surface area (Å²) < 4.78 is 25.5. The van der Waals surface area contributed by atoms with Gasteiger partial charge in [0.1, 0.15) is 6.54 Å². The maximum atomic E-state index is 12.2. The summed E-state index contributed by atoms with van der Waals surface area (Å²) in [5, 5.41) is 2.81. The van der Waals surface area contributed by atoms with Crippen LogP contribution in [0.3, 0.4) is 0 Å². The van der Waals surface area contributed by atoms with Crippen LogP contribution in [0.15, 0.2) is 24.3 Å². The van der Waals surface area contributed by atoms with Gasteiger partial charge in [0.25, 0.3) is 0 Å². The highest BCUT2D eigenvalue weighted by Gasteiger charge is 2.23. The molecule has 26 heavy (non-hydrogen) atoms. The van der Waals surface area contributed by atoms with E-state index in [1.807, 2.05) is 32.9 Å². The van der Waals surface area contributed by atoms with E-state index >= 15 is 0 Å². The van der Waals surface area contributed by atoms with Crippen LogP contribution < -0.4 is 14.5 Å². The molecule has 1 fully saturated rings. The molecule has 2 rings (SSSR count).